The van der Waals surface area contributed by atoms with Gasteiger partial charge in [0.25, 0.3) is 0 Å². The Hall–Kier alpha value is -5.38. The first kappa shape index (κ1) is 25.9. The molecule has 0 saturated heterocycles. The molecule has 0 bridgehead atoms. The van der Waals surface area contributed by atoms with E-state index in [1.54, 1.807) is 0 Å². The average molecular weight is 608 g/mol. The van der Waals surface area contributed by atoms with Gasteiger partial charge in [0.15, 0.2) is 0 Å². The van der Waals surface area contributed by atoms with Gasteiger partial charge in [-0.1, -0.05) is 86.6 Å². The molecular formula is C43H29NOS. The molecule has 9 aromatic rings. The predicted octanol–water partition coefficient (Wildman–Crippen LogP) is 12.9. The summed E-state index contributed by atoms with van der Waals surface area (Å²) < 4.78 is 9.07. The van der Waals surface area contributed by atoms with E-state index in [1.807, 2.05) is 11.3 Å². The topological polar surface area (TPSA) is 16.4 Å². The van der Waals surface area contributed by atoms with Crippen LogP contribution in [0.2, 0.25) is 0 Å². The maximum Gasteiger partial charge on any atom is 0.136 e. The molecule has 0 aliphatic heterocycles. The molecule has 0 unspecified atom stereocenters. The standard InChI is InChI=1S/C43H29NOS/c1-43(2)36-15-9-8-14-31(36)33-24-29(16-19-37(33)43)44(28-12-4-3-5-13-28)30-17-20-38-35(25-30)41-39(45-38)21-18-32-34-22-26-10-6-7-11-27(26)23-40(34)46-42(32)41/h3-25H,1-2H3. The summed E-state index contributed by atoms with van der Waals surface area (Å²) in [4.78, 5) is 2.38. The van der Waals surface area contributed by atoms with Gasteiger partial charge in [-0.05, 0) is 99.8 Å². The minimum atomic E-state index is -0.0296. The first-order valence-electron chi connectivity index (χ1n) is 15.8. The van der Waals surface area contributed by atoms with Crippen molar-refractivity contribution in [3.8, 4) is 11.1 Å². The molecule has 1 aliphatic rings. The van der Waals surface area contributed by atoms with Crippen LogP contribution >= 0.6 is 11.3 Å². The molecule has 0 amide bonds. The lowest BCUT2D eigenvalue weighted by atomic mass is 9.82. The van der Waals surface area contributed by atoms with Gasteiger partial charge in [0.1, 0.15) is 11.2 Å². The quantitative estimate of drug-likeness (QED) is 0.199. The molecule has 0 N–H and O–H groups in total. The summed E-state index contributed by atoms with van der Waals surface area (Å²) in [6.45, 7) is 4.67. The fourth-order valence-electron chi connectivity index (χ4n) is 7.78. The van der Waals surface area contributed by atoms with Gasteiger partial charge < -0.3 is 9.32 Å². The van der Waals surface area contributed by atoms with E-state index in [2.05, 4.69) is 158 Å². The molecule has 0 atom stereocenters. The van der Waals surface area contributed by atoms with Crippen LogP contribution in [0.3, 0.4) is 0 Å². The number of hydrogen-bond donors (Lipinski definition) is 0. The molecule has 7 aromatic carbocycles. The summed E-state index contributed by atoms with van der Waals surface area (Å²) in [6.07, 6.45) is 0. The third-order valence-corrected chi connectivity index (χ3v) is 11.2. The van der Waals surface area contributed by atoms with Gasteiger partial charge in [-0.25, -0.2) is 0 Å². The van der Waals surface area contributed by atoms with E-state index < -0.39 is 0 Å². The number of benzene rings is 7. The molecule has 2 heterocycles. The fourth-order valence-corrected chi connectivity index (χ4v) is 9.06. The van der Waals surface area contributed by atoms with Crippen molar-refractivity contribution in [2.45, 2.75) is 19.3 Å². The van der Waals surface area contributed by atoms with Crippen molar-refractivity contribution in [1.82, 2.24) is 0 Å². The Bertz CT molecular complexity index is 2680. The highest BCUT2D eigenvalue weighted by atomic mass is 32.1. The molecular weight excluding hydrogens is 579 g/mol. The molecule has 0 fully saturated rings. The largest absolute Gasteiger partial charge is 0.456 e. The number of thiophene rings is 1. The SMILES string of the molecule is CC1(C)c2ccccc2-c2cc(N(c3ccccc3)c3ccc4oc5ccc6c7cc8ccccc8cc7sc6c5c4c3)ccc21. The monoisotopic (exact) mass is 607 g/mol. The van der Waals surface area contributed by atoms with E-state index in [4.69, 9.17) is 4.42 Å². The van der Waals surface area contributed by atoms with Crippen LogP contribution in [0.15, 0.2) is 144 Å². The summed E-state index contributed by atoms with van der Waals surface area (Å²) in [6, 6.07) is 50.9. The zero-order valence-corrected chi connectivity index (χ0v) is 26.4. The summed E-state index contributed by atoms with van der Waals surface area (Å²) >= 11 is 1.87. The number of nitrogens with zero attached hydrogens (tertiary/aromatic N) is 1. The number of rotatable bonds is 3. The van der Waals surface area contributed by atoms with Crippen molar-refractivity contribution in [1.29, 1.82) is 0 Å². The highest BCUT2D eigenvalue weighted by molar-refractivity contribution is 7.26. The van der Waals surface area contributed by atoms with Gasteiger partial charge in [-0.3, -0.25) is 0 Å². The molecule has 0 saturated carbocycles. The van der Waals surface area contributed by atoms with E-state index in [0.717, 1.165) is 33.6 Å². The zero-order valence-electron chi connectivity index (χ0n) is 25.5. The Morgan fingerprint density at radius 3 is 2.09 bits per heavy atom. The lowest BCUT2D eigenvalue weighted by Crippen LogP contribution is -2.15. The number of hydrogen-bond acceptors (Lipinski definition) is 3. The summed E-state index contributed by atoms with van der Waals surface area (Å²) in [5.41, 5.74) is 10.6. The molecule has 0 radical (unpaired) electrons. The molecule has 10 rings (SSSR count). The first-order chi connectivity index (χ1) is 22.5. The molecule has 46 heavy (non-hydrogen) atoms. The number of fused-ring (bicyclic) bond motifs is 11. The molecule has 2 nitrogen and oxygen atoms in total. The van der Waals surface area contributed by atoms with Crippen LogP contribution in [-0.2, 0) is 5.41 Å². The lowest BCUT2D eigenvalue weighted by Gasteiger charge is -2.27. The Labute approximate surface area is 270 Å². The lowest BCUT2D eigenvalue weighted by molar-refractivity contribution is 0.660. The minimum Gasteiger partial charge on any atom is -0.456 e. The third kappa shape index (κ3) is 3.58. The number of anilines is 3. The third-order valence-electron chi connectivity index (χ3n) is 10.0. The second kappa shape index (κ2) is 9.32. The average Bonchev–Trinajstić information content (AvgIpc) is 3.71. The Balaban J connectivity index is 1.21. The van der Waals surface area contributed by atoms with Gasteiger partial charge in [0, 0.05) is 53.4 Å². The zero-order chi connectivity index (χ0) is 30.6. The smallest absolute Gasteiger partial charge is 0.136 e. The summed E-state index contributed by atoms with van der Waals surface area (Å²) in [5, 5.41) is 7.47. The summed E-state index contributed by atoms with van der Waals surface area (Å²) in [5.74, 6) is 0. The van der Waals surface area contributed by atoms with Crippen molar-refractivity contribution in [2.75, 3.05) is 4.90 Å². The maximum atomic E-state index is 6.49. The molecule has 3 heteroatoms. The molecule has 0 spiro atoms. The minimum absolute atomic E-state index is 0.0296. The highest BCUT2D eigenvalue weighted by Gasteiger charge is 2.35. The van der Waals surface area contributed by atoms with Crippen molar-refractivity contribution in [2.24, 2.45) is 0 Å². The van der Waals surface area contributed by atoms with Crippen LogP contribution in [0.1, 0.15) is 25.0 Å². The summed E-state index contributed by atoms with van der Waals surface area (Å²) in [7, 11) is 0. The van der Waals surface area contributed by atoms with Crippen molar-refractivity contribution >= 4 is 81.3 Å². The number of para-hydroxylation sites is 1. The van der Waals surface area contributed by atoms with Gasteiger partial charge in [-0.2, -0.15) is 0 Å². The fraction of sp³-hybridized carbons (Fsp3) is 0.0698. The second-order valence-electron chi connectivity index (χ2n) is 13.0. The van der Waals surface area contributed by atoms with Crippen LogP contribution in [-0.4, -0.2) is 0 Å². The van der Waals surface area contributed by atoms with Gasteiger partial charge in [-0.15, -0.1) is 11.3 Å². The number of furan rings is 1. The van der Waals surface area contributed by atoms with Crippen LogP contribution in [0, 0.1) is 0 Å². The van der Waals surface area contributed by atoms with Crippen molar-refractivity contribution < 1.29 is 4.42 Å². The van der Waals surface area contributed by atoms with E-state index >= 15 is 0 Å². The van der Waals surface area contributed by atoms with E-state index in [1.165, 1.54) is 58.6 Å². The van der Waals surface area contributed by atoms with Gasteiger partial charge >= 0.3 is 0 Å². The molecule has 2 aromatic heterocycles. The molecule has 218 valence electrons. The van der Waals surface area contributed by atoms with E-state index in [0.29, 0.717) is 0 Å². The normalized spacial score (nSPS) is 13.6. The van der Waals surface area contributed by atoms with E-state index in [9.17, 15) is 0 Å². The van der Waals surface area contributed by atoms with E-state index in [-0.39, 0.29) is 5.41 Å². The first-order valence-corrected chi connectivity index (χ1v) is 16.7. The van der Waals surface area contributed by atoms with Crippen LogP contribution < -0.4 is 4.90 Å². The van der Waals surface area contributed by atoms with Crippen LogP contribution in [0.5, 0.6) is 0 Å². The molecule has 1 aliphatic carbocycles. The van der Waals surface area contributed by atoms with Crippen LogP contribution in [0.25, 0.3) is 64.0 Å². The Morgan fingerprint density at radius 1 is 0.522 bits per heavy atom. The van der Waals surface area contributed by atoms with Crippen molar-refractivity contribution in [3.63, 3.8) is 0 Å². The van der Waals surface area contributed by atoms with Gasteiger partial charge in [0.05, 0.1) is 0 Å². The van der Waals surface area contributed by atoms with Crippen molar-refractivity contribution in [3.05, 3.63) is 151 Å². The highest BCUT2D eigenvalue weighted by Crippen LogP contribution is 2.51. The Morgan fingerprint density at radius 2 is 1.22 bits per heavy atom. The predicted molar refractivity (Wildman–Crippen MR) is 196 cm³/mol. The van der Waals surface area contributed by atoms with Gasteiger partial charge in [0.2, 0.25) is 0 Å². The maximum absolute atomic E-state index is 6.49. The Kier molecular flexibility index (Phi) is 5.25. The van der Waals surface area contributed by atoms with Crippen LogP contribution in [0.4, 0.5) is 17.1 Å². The second-order valence-corrected chi connectivity index (χ2v) is 14.0.